The molecule has 5 nitrogen and oxygen atoms in total. The van der Waals surface area contributed by atoms with E-state index in [1.165, 1.54) is 7.11 Å². The molecule has 0 amide bonds. The highest BCUT2D eigenvalue weighted by Crippen LogP contribution is 2.34. The van der Waals surface area contributed by atoms with Gasteiger partial charge in [-0.3, -0.25) is 9.59 Å². The second-order valence-electron chi connectivity index (χ2n) is 4.22. The first-order valence-electron chi connectivity index (χ1n) is 5.93. The normalized spacial score (nSPS) is 10.1. The molecule has 1 aromatic carbocycles. The molecule has 0 aliphatic rings. The zero-order valence-corrected chi connectivity index (χ0v) is 11.4. The zero-order chi connectivity index (χ0) is 14.4. The van der Waals surface area contributed by atoms with Crippen LogP contribution in [0.15, 0.2) is 12.1 Å². The van der Waals surface area contributed by atoms with Crippen LogP contribution in [0.3, 0.4) is 0 Å². The standard InChI is InChI=1S/C14H18O5/c1-9-4-5-10(14(19-3)13(9)18-2)8-11(15)6-7-12(16)17/h4-5H,6-8H2,1-3H3,(H,16,17). The smallest absolute Gasteiger partial charge is 0.303 e. The van der Waals surface area contributed by atoms with Crippen LogP contribution in [-0.4, -0.2) is 31.1 Å². The summed E-state index contributed by atoms with van der Waals surface area (Å²) >= 11 is 0. The third kappa shape index (κ3) is 3.98. The van der Waals surface area contributed by atoms with Gasteiger partial charge in [0.1, 0.15) is 5.78 Å². The van der Waals surface area contributed by atoms with Crippen LogP contribution < -0.4 is 9.47 Å². The molecule has 0 spiro atoms. The van der Waals surface area contributed by atoms with Crippen LogP contribution in [0.4, 0.5) is 0 Å². The first-order chi connectivity index (χ1) is 8.99. The summed E-state index contributed by atoms with van der Waals surface area (Å²) in [5.74, 6) is 0.0330. The molecule has 0 atom stereocenters. The van der Waals surface area contributed by atoms with Gasteiger partial charge in [-0.05, 0) is 12.5 Å². The molecule has 0 heterocycles. The maximum Gasteiger partial charge on any atom is 0.303 e. The minimum Gasteiger partial charge on any atom is -0.493 e. The summed E-state index contributed by atoms with van der Waals surface area (Å²) in [7, 11) is 3.06. The molecule has 0 bridgehead atoms. The van der Waals surface area contributed by atoms with Crippen LogP contribution in [0, 0.1) is 6.92 Å². The van der Waals surface area contributed by atoms with Crippen LogP contribution >= 0.6 is 0 Å². The van der Waals surface area contributed by atoms with Crippen molar-refractivity contribution >= 4 is 11.8 Å². The van der Waals surface area contributed by atoms with Gasteiger partial charge in [0.25, 0.3) is 0 Å². The molecule has 0 aliphatic carbocycles. The molecule has 1 N–H and O–H groups in total. The Kier molecular flexibility index (Phi) is 5.36. The van der Waals surface area contributed by atoms with Gasteiger partial charge >= 0.3 is 5.97 Å². The minimum absolute atomic E-state index is 0.0225. The number of ketones is 1. The lowest BCUT2D eigenvalue weighted by atomic mass is 10.0. The molecule has 0 unspecified atom stereocenters. The second kappa shape index (κ2) is 6.78. The van der Waals surface area contributed by atoms with E-state index in [2.05, 4.69) is 0 Å². The predicted octanol–water partition coefficient (Wildman–Crippen LogP) is 1.99. The molecule has 0 aliphatic heterocycles. The quantitative estimate of drug-likeness (QED) is 0.817. The van der Waals surface area contributed by atoms with Crippen molar-refractivity contribution in [3.8, 4) is 11.5 Å². The number of Topliss-reactive ketones (excluding diaryl/α,β-unsaturated/α-hetero) is 1. The number of carboxylic acids is 1. The van der Waals surface area contributed by atoms with Crippen LogP contribution in [0.25, 0.3) is 0 Å². The van der Waals surface area contributed by atoms with E-state index in [0.717, 1.165) is 5.56 Å². The number of carboxylic acid groups (broad SMARTS) is 1. The molecule has 0 aromatic heterocycles. The molecule has 0 fully saturated rings. The van der Waals surface area contributed by atoms with E-state index >= 15 is 0 Å². The Balaban J connectivity index is 2.89. The average molecular weight is 266 g/mol. The Hall–Kier alpha value is -2.04. The van der Waals surface area contributed by atoms with Crippen LogP contribution in [0.5, 0.6) is 11.5 Å². The number of methoxy groups -OCH3 is 2. The monoisotopic (exact) mass is 266 g/mol. The van der Waals surface area contributed by atoms with Crippen LogP contribution in [0.1, 0.15) is 24.0 Å². The summed E-state index contributed by atoms with van der Waals surface area (Å²) in [6.07, 6.45) is 0.0198. The Morgan fingerprint density at radius 2 is 1.74 bits per heavy atom. The van der Waals surface area contributed by atoms with Gasteiger partial charge in [0.05, 0.1) is 20.6 Å². The topological polar surface area (TPSA) is 72.8 Å². The molecule has 104 valence electrons. The number of carbonyl (C=O) groups is 2. The van der Waals surface area contributed by atoms with Gasteiger partial charge < -0.3 is 14.6 Å². The fourth-order valence-electron chi connectivity index (χ4n) is 1.87. The van der Waals surface area contributed by atoms with Crippen LogP contribution in [0.2, 0.25) is 0 Å². The number of ether oxygens (including phenoxy) is 2. The third-order valence-electron chi connectivity index (χ3n) is 2.80. The highest BCUT2D eigenvalue weighted by Gasteiger charge is 2.15. The van der Waals surface area contributed by atoms with Gasteiger partial charge in [-0.15, -0.1) is 0 Å². The van der Waals surface area contributed by atoms with E-state index in [9.17, 15) is 9.59 Å². The van der Waals surface area contributed by atoms with Crippen molar-refractivity contribution in [2.45, 2.75) is 26.2 Å². The van der Waals surface area contributed by atoms with E-state index in [1.54, 1.807) is 13.2 Å². The lowest BCUT2D eigenvalue weighted by Crippen LogP contribution is -2.08. The number of aryl methyl sites for hydroxylation is 1. The lowest BCUT2D eigenvalue weighted by Gasteiger charge is -2.14. The van der Waals surface area contributed by atoms with Gasteiger partial charge in [-0.25, -0.2) is 0 Å². The van der Waals surface area contributed by atoms with Gasteiger partial charge in [-0.1, -0.05) is 12.1 Å². The molecule has 19 heavy (non-hydrogen) atoms. The SMILES string of the molecule is COc1c(C)ccc(CC(=O)CCC(=O)O)c1OC. The fourth-order valence-corrected chi connectivity index (χ4v) is 1.87. The van der Waals surface area contributed by atoms with Crippen LogP contribution in [-0.2, 0) is 16.0 Å². The summed E-state index contributed by atoms with van der Waals surface area (Å²) in [4.78, 5) is 22.1. The van der Waals surface area contributed by atoms with Crippen molar-refractivity contribution in [1.29, 1.82) is 0 Å². The summed E-state index contributed by atoms with van der Waals surface area (Å²) < 4.78 is 10.5. The molecule has 1 aromatic rings. The number of benzene rings is 1. The molecule has 0 saturated heterocycles. The van der Waals surface area contributed by atoms with E-state index in [-0.39, 0.29) is 25.0 Å². The van der Waals surface area contributed by atoms with Gasteiger partial charge in [0.2, 0.25) is 0 Å². The van der Waals surface area contributed by atoms with Crippen molar-refractivity contribution in [3.63, 3.8) is 0 Å². The Morgan fingerprint density at radius 3 is 2.26 bits per heavy atom. The number of rotatable bonds is 7. The molecular weight excluding hydrogens is 248 g/mol. The molecule has 0 radical (unpaired) electrons. The highest BCUT2D eigenvalue weighted by molar-refractivity contribution is 5.85. The number of aliphatic carboxylic acids is 1. The molecular formula is C14H18O5. The fraction of sp³-hybridized carbons (Fsp3) is 0.429. The van der Waals surface area contributed by atoms with Crippen molar-refractivity contribution < 1.29 is 24.2 Å². The van der Waals surface area contributed by atoms with Crippen molar-refractivity contribution in [3.05, 3.63) is 23.3 Å². The maximum atomic E-state index is 11.7. The van der Waals surface area contributed by atoms with Gasteiger partial charge in [0, 0.05) is 18.4 Å². The largest absolute Gasteiger partial charge is 0.493 e. The number of hydrogen-bond acceptors (Lipinski definition) is 4. The molecule has 1 rings (SSSR count). The lowest BCUT2D eigenvalue weighted by molar-refractivity contribution is -0.138. The Labute approximate surface area is 112 Å². The van der Waals surface area contributed by atoms with Gasteiger partial charge in [-0.2, -0.15) is 0 Å². The Morgan fingerprint density at radius 1 is 1.11 bits per heavy atom. The Bertz CT molecular complexity index is 479. The molecule has 5 heteroatoms. The van der Waals surface area contributed by atoms with E-state index in [0.29, 0.717) is 17.1 Å². The first-order valence-corrected chi connectivity index (χ1v) is 5.93. The zero-order valence-electron chi connectivity index (χ0n) is 11.4. The van der Waals surface area contributed by atoms with Crippen molar-refractivity contribution in [2.75, 3.05) is 14.2 Å². The number of carbonyl (C=O) groups excluding carboxylic acids is 1. The minimum atomic E-state index is -0.971. The summed E-state index contributed by atoms with van der Waals surface area (Å²) in [5.41, 5.74) is 1.63. The maximum absolute atomic E-state index is 11.7. The summed E-state index contributed by atoms with van der Waals surface area (Å²) in [5, 5.41) is 8.55. The van der Waals surface area contributed by atoms with Crippen molar-refractivity contribution in [1.82, 2.24) is 0 Å². The van der Waals surface area contributed by atoms with E-state index < -0.39 is 5.97 Å². The third-order valence-corrected chi connectivity index (χ3v) is 2.80. The van der Waals surface area contributed by atoms with E-state index in [4.69, 9.17) is 14.6 Å². The van der Waals surface area contributed by atoms with Gasteiger partial charge in [0.15, 0.2) is 11.5 Å². The molecule has 0 saturated carbocycles. The van der Waals surface area contributed by atoms with E-state index in [1.807, 2.05) is 13.0 Å². The highest BCUT2D eigenvalue weighted by atomic mass is 16.5. The van der Waals surface area contributed by atoms with Crippen molar-refractivity contribution in [2.24, 2.45) is 0 Å². The first kappa shape index (κ1) is 15.0. The summed E-state index contributed by atoms with van der Waals surface area (Å²) in [6, 6.07) is 3.65. The average Bonchev–Trinajstić information content (AvgIpc) is 2.37. The second-order valence-corrected chi connectivity index (χ2v) is 4.22. The number of hydrogen-bond donors (Lipinski definition) is 1. The summed E-state index contributed by atoms with van der Waals surface area (Å²) in [6.45, 7) is 1.89. The predicted molar refractivity (Wildman–Crippen MR) is 69.9 cm³/mol.